The largest absolute Gasteiger partial charge is 0.455 e. The first-order valence-corrected chi connectivity index (χ1v) is 9.29. The third kappa shape index (κ3) is 6.31. The summed E-state index contributed by atoms with van der Waals surface area (Å²) in [6.45, 7) is -3.32. The molecule has 0 aliphatic heterocycles. The molecule has 0 radical (unpaired) electrons. The summed E-state index contributed by atoms with van der Waals surface area (Å²) < 4.78 is 73.7. The molecule has 34 heavy (non-hydrogen) atoms. The van der Waals surface area contributed by atoms with Crippen LogP contribution < -0.4 is 25.8 Å². The van der Waals surface area contributed by atoms with Crippen LogP contribution in [0.1, 0.15) is 16.1 Å². The molecule has 2 aromatic carbocycles. The van der Waals surface area contributed by atoms with Gasteiger partial charge in [0.1, 0.15) is 11.5 Å². The van der Waals surface area contributed by atoms with E-state index in [4.69, 9.17) is 10.5 Å². The van der Waals surface area contributed by atoms with E-state index in [1.54, 1.807) is 0 Å². The summed E-state index contributed by atoms with van der Waals surface area (Å²) in [5.74, 6) is -1.09. The van der Waals surface area contributed by atoms with E-state index in [2.05, 4.69) is 20.4 Å². The highest BCUT2D eigenvalue weighted by atomic mass is 19.4. The number of nitrogens with zero attached hydrogens (tertiary/aromatic N) is 1. The molecule has 4 N–H and O–H groups in total. The van der Waals surface area contributed by atoms with Crippen molar-refractivity contribution < 1.29 is 41.0 Å². The zero-order valence-electron chi connectivity index (χ0n) is 16.9. The Bertz CT molecular complexity index is 1190. The van der Waals surface area contributed by atoms with Crippen molar-refractivity contribution in [2.24, 2.45) is 5.73 Å². The van der Waals surface area contributed by atoms with Gasteiger partial charge < -0.3 is 25.8 Å². The molecular formula is C21H15F5N4O4. The van der Waals surface area contributed by atoms with E-state index in [-0.39, 0.29) is 22.9 Å². The molecule has 0 atom stereocenters. The molecule has 8 nitrogen and oxygen atoms in total. The topological polar surface area (TPSA) is 116 Å². The fraction of sp³-hybridized carbons (Fsp3) is 0.0952. The molecule has 0 aliphatic carbocycles. The second-order valence-electron chi connectivity index (χ2n) is 6.51. The molecule has 1 heterocycles. The van der Waals surface area contributed by atoms with E-state index < -0.39 is 41.7 Å². The Kier molecular flexibility index (Phi) is 7.14. The lowest BCUT2D eigenvalue weighted by Crippen LogP contribution is -2.21. The van der Waals surface area contributed by atoms with E-state index in [1.807, 2.05) is 0 Å². The van der Waals surface area contributed by atoms with Gasteiger partial charge >= 0.3 is 18.8 Å². The highest BCUT2D eigenvalue weighted by molar-refractivity contribution is 6.00. The number of carbonyl (C=O) groups excluding carboxylic acids is 2. The number of ether oxygens (including phenoxy) is 2. The Morgan fingerprint density at radius 1 is 0.971 bits per heavy atom. The summed E-state index contributed by atoms with van der Waals surface area (Å²) in [4.78, 5) is 27.5. The van der Waals surface area contributed by atoms with Crippen molar-refractivity contribution in [3.63, 3.8) is 0 Å². The van der Waals surface area contributed by atoms with Gasteiger partial charge in [-0.15, -0.1) is 0 Å². The molecule has 3 amide bonds. The van der Waals surface area contributed by atoms with Crippen molar-refractivity contribution in [1.29, 1.82) is 0 Å². The third-order valence-electron chi connectivity index (χ3n) is 4.12. The van der Waals surface area contributed by atoms with Crippen molar-refractivity contribution >= 4 is 23.3 Å². The first-order chi connectivity index (χ1) is 16.0. The third-order valence-corrected chi connectivity index (χ3v) is 4.12. The number of halogens is 5. The average Bonchev–Trinajstić information content (AvgIpc) is 2.75. The maximum Gasteiger partial charge on any atom is 0.416 e. The number of primary amides is 1. The monoisotopic (exact) mass is 482 g/mol. The van der Waals surface area contributed by atoms with E-state index in [0.717, 1.165) is 0 Å². The van der Waals surface area contributed by atoms with Gasteiger partial charge in [0.2, 0.25) is 0 Å². The van der Waals surface area contributed by atoms with Crippen LogP contribution in [-0.2, 0) is 6.18 Å². The van der Waals surface area contributed by atoms with Crippen LogP contribution in [0.4, 0.5) is 38.1 Å². The van der Waals surface area contributed by atoms with Crippen LogP contribution >= 0.6 is 0 Å². The molecule has 3 aromatic rings. The van der Waals surface area contributed by atoms with Crippen LogP contribution in [0.15, 0.2) is 60.8 Å². The van der Waals surface area contributed by atoms with Gasteiger partial charge in [-0.2, -0.15) is 22.0 Å². The van der Waals surface area contributed by atoms with E-state index >= 15 is 0 Å². The standard InChI is InChI=1S/C21H15F5N4O4/c22-19(23)34-15-8-3-11(21(24,25)26)10-14(15)30-20(32)29-12-4-6-13(7-5-12)33-16-2-1-9-28-17(16)18(27)31/h1-10,19H,(H2,27,31)(H2,29,30,32). The number of hydrogen-bond acceptors (Lipinski definition) is 5. The number of amides is 3. The molecule has 3 rings (SSSR count). The SMILES string of the molecule is NC(=O)c1ncccc1Oc1ccc(NC(=O)Nc2cc(C(F)(F)F)ccc2OC(F)F)cc1. The van der Waals surface area contributed by atoms with Gasteiger partial charge in [0.15, 0.2) is 11.4 Å². The molecule has 178 valence electrons. The van der Waals surface area contributed by atoms with Crippen molar-refractivity contribution in [2.45, 2.75) is 12.8 Å². The normalized spacial score (nSPS) is 11.1. The lowest BCUT2D eigenvalue weighted by atomic mass is 10.2. The first kappa shape index (κ1) is 24.2. The van der Waals surface area contributed by atoms with E-state index in [1.165, 1.54) is 42.6 Å². The minimum absolute atomic E-state index is 0.0908. The van der Waals surface area contributed by atoms with Crippen LogP contribution in [0.3, 0.4) is 0 Å². The van der Waals surface area contributed by atoms with Crippen LogP contribution in [0.25, 0.3) is 0 Å². The Balaban J connectivity index is 1.71. The number of pyridine rings is 1. The van der Waals surface area contributed by atoms with Crippen molar-refractivity contribution in [2.75, 3.05) is 10.6 Å². The smallest absolute Gasteiger partial charge is 0.416 e. The second-order valence-corrected chi connectivity index (χ2v) is 6.51. The van der Waals surface area contributed by atoms with Gasteiger partial charge in [0.05, 0.1) is 11.3 Å². The van der Waals surface area contributed by atoms with Gasteiger partial charge in [0.25, 0.3) is 5.91 Å². The van der Waals surface area contributed by atoms with E-state index in [0.29, 0.717) is 18.2 Å². The Hall–Kier alpha value is -4.42. The second kappa shape index (κ2) is 10.0. The fourth-order valence-electron chi connectivity index (χ4n) is 2.68. The Morgan fingerprint density at radius 3 is 2.29 bits per heavy atom. The maximum atomic E-state index is 13.0. The van der Waals surface area contributed by atoms with Gasteiger partial charge in [-0.05, 0) is 54.6 Å². The predicted octanol–water partition coefficient (Wildman–Crippen LogP) is 5.24. The van der Waals surface area contributed by atoms with Gasteiger partial charge in [-0.3, -0.25) is 4.79 Å². The molecule has 1 aromatic heterocycles. The summed E-state index contributed by atoms with van der Waals surface area (Å²) in [6.07, 6.45) is -3.41. The average molecular weight is 482 g/mol. The van der Waals surface area contributed by atoms with Crippen LogP contribution in [-0.4, -0.2) is 23.5 Å². The molecule has 0 spiro atoms. The van der Waals surface area contributed by atoms with Crippen LogP contribution in [0, 0.1) is 0 Å². The number of carbonyl (C=O) groups is 2. The lowest BCUT2D eigenvalue weighted by molar-refractivity contribution is -0.137. The number of anilines is 2. The van der Waals surface area contributed by atoms with Crippen LogP contribution in [0.2, 0.25) is 0 Å². The molecule has 0 aliphatic rings. The van der Waals surface area contributed by atoms with Gasteiger partial charge in [-0.25, -0.2) is 9.78 Å². The summed E-state index contributed by atoms with van der Waals surface area (Å²) in [7, 11) is 0. The minimum Gasteiger partial charge on any atom is -0.455 e. The maximum absolute atomic E-state index is 13.0. The summed E-state index contributed by atoms with van der Waals surface area (Å²) in [6, 6.07) is 9.29. The fourth-order valence-corrected chi connectivity index (χ4v) is 2.68. The number of nitrogens with one attached hydrogen (secondary N) is 2. The quantitative estimate of drug-likeness (QED) is 0.399. The number of urea groups is 1. The Labute approximate surface area is 188 Å². The molecular weight excluding hydrogens is 467 g/mol. The van der Waals surface area contributed by atoms with Crippen molar-refractivity contribution in [3.8, 4) is 17.2 Å². The van der Waals surface area contributed by atoms with Crippen LogP contribution in [0.5, 0.6) is 17.2 Å². The summed E-state index contributed by atoms with van der Waals surface area (Å²) in [5.41, 5.74) is 3.55. The summed E-state index contributed by atoms with van der Waals surface area (Å²) in [5, 5.41) is 4.39. The number of alkyl halides is 5. The molecule has 0 bridgehead atoms. The number of rotatable bonds is 7. The molecule has 0 fully saturated rings. The number of nitrogens with two attached hydrogens (primary N) is 1. The highest BCUT2D eigenvalue weighted by Gasteiger charge is 2.31. The molecule has 0 saturated carbocycles. The number of aromatic nitrogens is 1. The molecule has 13 heteroatoms. The van der Waals surface area contributed by atoms with E-state index in [9.17, 15) is 31.5 Å². The number of benzene rings is 2. The predicted molar refractivity (Wildman–Crippen MR) is 110 cm³/mol. The van der Waals surface area contributed by atoms with Gasteiger partial charge in [-0.1, -0.05) is 0 Å². The first-order valence-electron chi connectivity index (χ1n) is 9.29. The molecule has 0 saturated heterocycles. The number of hydrogen-bond donors (Lipinski definition) is 3. The Morgan fingerprint density at radius 2 is 1.68 bits per heavy atom. The molecule has 0 unspecified atom stereocenters. The summed E-state index contributed by atoms with van der Waals surface area (Å²) >= 11 is 0. The van der Waals surface area contributed by atoms with Crippen molar-refractivity contribution in [1.82, 2.24) is 4.98 Å². The van der Waals surface area contributed by atoms with Gasteiger partial charge in [0, 0.05) is 11.9 Å². The minimum atomic E-state index is -4.77. The zero-order chi connectivity index (χ0) is 24.9. The van der Waals surface area contributed by atoms with Crippen molar-refractivity contribution in [3.05, 3.63) is 72.1 Å². The lowest BCUT2D eigenvalue weighted by Gasteiger charge is -2.15. The highest BCUT2D eigenvalue weighted by Crippen LogP contribution is 2.35. The zero-order valence-corrected chi connectivity index (χ0v) is 16.9.